The van der Waals surface area contributed by atoms with E-state index in [9.17, 15) is 9.59 Å². The van der Waals surface area contributed by atoms with Crippen LogP contribution < -0.4 is 0 Å². The highest BCUT2D eigenvalue weighted by molar-refractivity contribution is 5.68. The second kappa shape index (κ2) is 21.3. The SMILES string of the molecule is C=CCCCN(CC=C)C(=O)OCc1ccccc1.O=C(OCc1ccccc1)N1CC=CCCC1.[2H]CC. The van der Waals surface area contributed by atoms with Crippen molar-refractivity contribution in [3.8, 4) is 0 Å². The molecule has 0 bridgehead atoms. The molecule has 2 amide bonds. The number of hydrogen-bond acceptors (Lipinski definition) is 4. The molecule has 38 heavy (non-hydrogen) atoms. The monoisotopic (exact) mass is 521 g/mol. The molecule has 206 valence electrons. The smallest absolute Gasteiger partial charge is 0.410 e. The third-order valence-electron chi connectivity index (χ3n) is 5.40. The minimum absolute atomic E-state index is 0.222. The molecule has 0 saturated carbocycles. The molecule has 2 aromatic carbocycles. The third-order valence-corrected chi connectivity index (χ3v) is 5.40. The van der Waals surface area contributed by atoms with Gasteiger partial charge in [0.1, 0.15) is 13.2 Å². The summed E-state index contributed by atoms with van der Waals surface area (Å²) in [5, 5.41) is 0. The van der Waals surface area contributed by atoms with Crippen molar-refractivity contribution >= 4 is 12.2 Å². The van der Waals surface area contributed by atoms with E-state index >= 15 is 0 Å². The van der Waals surface area contributed by atoms with E-state index in [1.165, 1.54) is 0 Å². The lowest BCUT2D eigenvalue weighted by Gasteiger charge is -2.20. The minimum Gasteiger partial charge on any atom is -0.445 e. The molecule has 0 atom stereocenters. The molecular weight excluding hydrogens is 476 g/mol. The van der Waals surface area contributed by atoms with E-state index in [1.807, 2.05) is 72.8 Å². The van der Waals surface area contributed by atoms with Crippen LogP contribution in [-0.4, -0.2) is 48.2 Å². The highest BCUT2D eigenvalue weighted by atomic mass is 16.6. The maximum atomic E-state index is 11.9. The fourth-order valence-corrected chi connectivity index (χ4v) is 3.44. The number of carbonyl (C=O) groups excluding carboxylic acids is 2. The number of carbonyl (C=O) groups is 2. The number of ether oxygens (including phenoxy) is 2. The molecule has 0 spiro atoms. The minimum atomic E-state index is -0.298. The molecule has 1 heterocycles. The van der Waals surface area contributed by atoms with E-state index in [-0.39, 0.29) is 12.2 Å². The summed E-state index contributed by atoms with van der Waals surface area (Å²) in [4.78, 5) is 27.1. The highest BCUT2D eigenvalue weighted by Crippen LogP contribution is 2.08. The van der Waals surface area contributed by atoms with Crippen molar-refractivity contribution in [3.63, 3.8) is 0 Å². The molecule has 0 saturated heterocycles. The lowest BCUT2D eigenvalue weighted by Crippen LogP contribution is -2.32. The van der Waals surface area contributed by atoms with Gasteiger partial charge < -0.3 is 19.3 Å². The van der Waals surface area contributed by atoms with Gasteiger partial charge in [0.05, 0.1) is 0 Å². The molecule has 0 N–H and O–H groups in total. The predicted molar refractivity (Wildman–Crippen MR) is 156 cm³/mol. The maximum Gasteiger partial charge on any atom is 0.410 e. The summed E-state index contributed by atoms with van der Waals surface area (Å²) in [6, 6.07) is 19.4. The van der Waals surface area contributed by atoms with Gasteiger partial charge in [-0.2, -0.15) is 0 Å². The Bertz CT molecular complexity index is 967. The Hall–Kier alpha value is -3.80. The summed E-state index contributed by atoms with van der Waals surface area (Å²) in [5.41, 5.74) is 2.01. The van der Waals surface area contributed by atoms with E-state index < -0.39 is 0 Å². The van der Waals surface area contributed by atoms with E-state index in [2.05, 4.69) is 19.2 Å². The number of allylic oxidation sites excluding steroid dienone is 2. The van der Waals surface area contributed by atoms with E-state index in [4.69, 9.17) is 10.8 Å². The summed E-state index contributed by atoms with van der Waals surface area (Å²) in [5.74, 6) is 0. The summed E-state index contributed by atoms with van der Waals surface area (Å²) < 4.78 is 16.8. The zero-order chi connectivity index (χ0) is 28.6. The van der Waals surface area contributed by atoms with Gasteiger partial charge in [0.25, 0.3) is 0 Å². The molecule has 1 aliphatic heterocycles. The zero-order valence-electron chi connectivity index (χ0n) is 23.8. The van der Waals surface area contributed by atoms with Crippen LogP contribution in [0, 0.1) is 0 Å². The van der Waals surface area contributed by atoms with Crippen molar-refractivity contribution in [3.05, 3.63) is 109 Å². The Morgan fingerprint density at radius 2 is 1.58 bits per heavy atom. The van der Waals surface area contributed by atoms with Gasteiger partial charge in [-0.3, -0.25) is 0 Å². The zero-order valence-corrected chi connectivity index (χ0v) is 22.8. The largest absolute Gasteiger partial charge is 0.445 e. The average Bonchev–Trinajstić information content (AvgIpc) is 3.26. The Morgan fingerprint density at radius 1 is 0.974 bits per heavy atom. The molecular formula is C32H44N2O4. The van der Waals surface area contributed by atoms with Crippen LogP contribution in [0.2, 0.25) is 0 Å². The van der Waals surface area contributed by atoms with Crippen molar-refractivity contribution in [2.45, 2.75) is 52.7 Å². The number of rotatable bonds is 10. The number of benzene rings is 2. The van der Waals surface area contributed by atoms with Crippen molar-refractivity contribution in [2.75, 3.05) is 26.2 Å². The molecule has 0 radical (unpaired) electrons. The van der Waals surface area contributed by atoms with E-state index in [1.54, 1.807) is 22.8 Å². The standard InChI is InChI=1S/C16H21NO2.C14H17NO2.C2H6/c1-3-5-9-13-17(12-4-2)16(18)19-14-15-10-7-6-8-11-15;16-14(15-10-6-1-2-7-11-15)17-12-13-8-4-3-5-9-13;1-2/h3-4,6-8,10-11H,1-2,5,9,12-14H2;1,3-6,8-9H,2,7,10-12H2;1-2H3/i;;1D. The van der Waals surface area contributed by atoms with Crippen LogP contribution in [0.3, 0.4) is 0 Å². The highest BCUT2D eigenvalue weighted by Gasteiger charge is 2.14. The van der Waals surface area contributed by atoms with Crippen molar-refractivity contribution < 1.29 is 20.4 Å². The first-order valence-electron chi connectivity index (χ1n) is 13.8. The Morgan fingerprint density at radius 3 is 2.16 bits per heavy atom. The fraction of sp³-hybridized carbons (Fsp3) is 0.375. The molecule has 3 rings (SSSR count). The number of nitrogens with zero attached hydrogens (tertiary/aromatic N) is 2. The van der Waals surface area contributed by atoms with Gasteiger partial charge in [0.2, 0.25) is 0 Å². The predicted octanol–water partition coefficient (Wildman–Crippen LogP) is 7.78. The van der Waals surface area contributed by atoms with Gasteiger partial charge >= 0.3 is 12.2 Å². The van der Waals surface area contributed by atoms with Gasteiger partial charge in [0.15, 0.2) is 0 Å². The molecule has 2 aromatic rings. The molecule has 1 aliphatic rings. The number of amides is 2. The van der Waals surface area contributed by atoms with Crippen LogP contribution in [0.1, 0.15) is 52.0 Å². The Labute approximate surface area is 230 Å². The van der Waals surface area contributed by atoms with Crippen LogP contribution in [0.5, 0.6) is 0 Å². The first kappa shape index (κ1) is 30.4. The van der Waals surface area contributed by atoms with Crippen LogP contribution >= 0.6 is 0 Å². The second-order valence-electron chi connectivity index (χ2n) is 8.31. The Balaban J connectivity index is 0.000000356. The van der Waals surface area contributed by atoms with Crippen LogP contribution in [-0.2, 0) is 22.7 Å². The first-order chi connectivity index (χ1) is 19.0. The molecule has 0 unspecified atom stereocenters. The van der Waals surface area contributed by atoms with Gasteiger partial charge in [-0.25, -0.2) is 9.59 Å². The molecule has 6 nitrogen and oxygen atoms in total. The fourth-order valence-electron chi connectivity index (χ4n) is 3.44. The lowest BCUT2D eigenvalue weighted by molar-refractivity contribution is 0.0993. The molecule has 0 aliphatic carbocycles. The normalized spacial score (nSPS) is 12.2. The van der Waals surface area contributed by atoms with Crippen LogP contribution in [0.4, 0.5) is 9.59 Å². The summed E-state index contributed by atoms with van der Waals surface area (Å²) in [6.45, 7) is 12.9. The van der Waals surface area contributed by atoms with E-state index in [0.717, 1.165) is 43.4 Å². The molecule has 0 fully saturated rings. The van der Waals surface area contributed by atoms with Crippen LogP contribution in [0.15, 0.2) is 98.1 Å². The summed E-state index contributed by atoms with van der Waals surface area (Å²) in [6.07, 6.45) is 11.0. The second-order valence-corrected chi connectivity index (χ2v) is 8.31. The van der Waals surface area contributed by atoms with Gasteiger partial charge in [-0.05, 0) is 36.8 Å². The van der Waals surface area contributed by atoms with E-state index in [0.29, 0.717) is 39.7 Å². The lowest BCUT2D eigenvalue weighted by atomic mass is 10.2. The van der Waals surface area contributed by atoms with Crippen molar-refractivity contribution in [2.24, 2.45) is 0 Å². The average molecular weight is 522 g/mol. The van der Waals surface area contributed by atoms with Crippen molar-refractivity contribution in [1.82, 2.24) is 9.80 Å². The number of unbranched alkanes of at least 4 members (excludes halogenated alkanes) is 1. The van der Waals surface area contributed by atoms with Gasteiger partial charge in [-0.1, -0.05) is 98.8 Å². The Kier molecular flexibility index (Phi) is 17.1. The molecule has 6 heteroatoms. The first-order valence-corrected chi connectivity index (χ1v) is 13.1. The number of hydrogen-bond donors (Lipinski definition) is 0. The van der Waals surface area contributed by atoms with Gasteiger partial charge in [0, 0.05) is 27.5 Å². The maximum absolute atomic E-state index is 11.9. The summed E-state index contributed by atoms with van der Waals surface area (Å²) >= 11 is 0. The van der Waals surface area contributed by atoms with Gasteiger partial charge in [-0.15, -0.1) is 13.2 Å². The quantitative estimate of drug-likeness (QED) is 0.237. The summed E-state index contributed by atoms with van der Waals surface area (Å²) in [7, 11) is 0. The van der Waals surface area contributed by atoms with Crippen LogP contribution in [0.25, 0.3) is 0 Å². The van der Waals surface area contributed by atoms with Crippen molar-refractivity contribution in [1.29, 1.82) is 0 Å². The topological polar surface area (TPSA) is 59.1 Å². The molecule has 0 aromatic heterocycles. The third kappa shape index (κ3) is 14.1.